The number of allylic oxidation sites excluding steroid dienone is 1. The van der Waals surface area contributed by atoms with Gasteiger partial charge in [-0.3, -0.25) is 0 Å². The summed E-state index contributed by atoms with van der Waals surface area (Å²) in [5, 5.41) is 3.57. The molecule has 0 aromatic rings. The standard InChI is InChI=1S/C15H27NS/c1-16-15(12-13-8-10-17-11-9-13)14-6-4-2-3-5-7-14/h6,13,15-16H,2-5,7-12H2,1H3. The minimum Gasteiger partial charge on any atom is -0.313 e. The Bertz CT molecular complexity index is 243. The molecule has 0 aromatic carbocycles. The molecule has 0 saturated carbocycles. The van der Waals surface area contributed by atoms with Crippen LogP contribution in [0.4, 0.5) is 0 Å². The highest BCUT2D eigenvalue weighted by molar-refractivity contribution is 7.99. The first kappa shape index (κ1) is 13.5. The number of nitrogens with one attached hydrogen (secondary N) is 1. The molecular formula is C15H27NS. The van der Waals surface area contributed by atoms with Crippen LogP contribution in [0, 0.1) is 5.92 Å². The quantitative estimate of drug-likeness (QED) is 0.760. The molecule has 0 spiro atoms. The first-order valence-electron chi connectivity index (χ1n) is 7.34. The number of thioether (sulfide) groups is 1. The van der Waals surface area contributed by atoms with Crippen LogP contribution in [0.25, 0.3) is 0 Å². The van der Waals surface area contributed by atoms with Gasteiger partial charge in [0.1, 0.15) is 0 Å². The van der Waals surface area contributed by atoms with E-state index >= 15 is 0 Å². The average molecular weight is 253 g/mol. The molecular weight excluding hydrogens is 226 g/mol. The highest BCUT2D eigenvalue weighted by atomic mass is 32.2. The van der Waals surface area contributed by atoms with Gasteiger partial charge < -0.3 is 5.32 Å². The van der Waals surface area contributed by atoms with Crippen LogP contribution in [0.15, 0.2) is 11.6 Å². The predicted octanol–water partition coefficient (Wildman–Crippen LogP) is 4.00. The maximum absolute atomic E-state index is 3.57. The molecule has 0 aromatic heterocycles. The first-order chi connectivity index (χ1) is 8.40. The first-order valence-corrected chi connectivity index (χ1v) is 8.49. The second-order valence-corrected chi connectivity index (χ2v) is 6.74. The van der Waals surface area contributed by atoms with E-state index < -0.39 is 0 Å². The third-order valence-corrected chi connectivity index (χ3v) is 5.33. The Kier molecular flexibility index (Phi) is 5.93. The zero-order valence-electron chi connectivity index (χ0n) is 11.2. The molecule has 1 unspecified atom stereocenters. The van der Waals surface area contributed by atoms with E-state index in [0.29, 0.717) is 6.04 Å². The maximum Gasteiger partial charge on any atom is 0.0279 e. The minimum atomic E-state index is 0.668. The molecule has 1 atom stereocenters. The lowest BCUT2D eigenvalue weighted by atomic mass is 9.89. The van der Waals surface area contributed by atoms with Gasteiger partial charge in [-0.2, -0.15) is 11.8 Å². The molecule has 98 valence electrons. The SMILES string of the molecule is CNC(CC1CCSCC1)C1=CCCCCC1. The fourth-order valence-electron chi connectivity index (χ4n) is 3.13. The Labute approximate surface area is 111 Å². The van der Waals surface area contributed by atoms with E-state index in [1.165, 1.54) is 62.9 Å². The Hall–Kier alpha value is 0.0500. The molecule has 0 bridgehead atoms. The summed E-state index contributed by atoms with van der Waals surface area (Å²) in [6.07, 6.45) is 13.7. The molecule has 2 rings (SSSR count). The van der Waals surface area contributed by atoms with E-state index in [4.69, 9.17) is 0 Å². The highest BCUT2D eigenvalue weighted by Gasteiger charge is 2.21. The molecule has 1 N–H and O–H groups in total. The van der Waals surface area contributed by atoms with Crippen LogP contribution in [-0.4, -0.2) is 24.6 Å². The molecule has 1 nitrogen and oxygen atoms in total. The van der Waals surface area contributed by atoms with Crippen molar-refractivity contribution < 1.29 is 0 Å². The number of hydrogen-bond acceptors (Lipinski definition) is 2. The van der Waals surface area contributed by atoms with Crippen molar-refractivity contribution in [2.75, 3.05) is 18.6 Å². The van der Waals surface area contributed by atoms with Crippen molar-refractivity contribution >= 4 is 11.8 Å². The van der Waals surface area contributed by atoms with E-state index in [-0.39, 0.29) is 0 Å². The van der Waals surface area contributed by atoms with Gasteiger partial charge >= 0.3 is 0 Å². The smallest absolute Gasteiger partial charge is 0.0279 e. The van der Waals surface area contributed by atoms with Gasteiger partial charge in [0.05, 0.1) is 0 Å². The van der Waals surface area contributed by atoms with Crippen LogP contribution < -0.4 is 5.32 Å². The Morgan fingerprint density at radius 2 is 2.12 bits per heavy atom. The summed E-state index contributed by atoms with van der Waals surface area (Å²) in [7, 11) is 2.15. The largest absolute Gasteiger partial charge is 0.313 e. The molecule has 1 aliphatic heterocycles. The Balaban J connectivity index is 1.87. The number of hydrogen-bond donors (Lipinski definition) is 1. The van der Waals surface area contributed by atoms with Crippen molar-refractivity contribution in [3.8, 4) is 0 Å². The van der Waals surface area contributed by atoms with Gasteiger partial charge in [-0.05, 0) is 69.4 Å². The lowest BCUT2D eigenvalue weighted by Gasteiger charge is -2.27. The summed E-state index contributed by atoms with van der Waals surface area (Å²) in [6, 6.07) is 0.668. The minimum absolute atomic E-state index is 0.668. The molecule has 1 saturated heterocycles. The molecule has 1 aliphatic carbocycles. The lowest BCUT2D eigenvalue weighted by Crippen LogP contribution is -2.31. The van der Waals surface area contributed by atoms with Gasteiger partial charge in [0.2, 0.25) is 0 Å². The van der Waals surface area contributed by atoms with Gasteiger partial charge in [0, 0.05) is 6.04 Å². The normalized spacial score (nSPS) is 25.1. The average Bonchev–Trinajstić information content (AvgIpc) is 2.66. The van der Waals surface area contributed by atoms with E-state index in [1.807, 2.05) is 0 Å². The second kappa shape index (κ2) is 7.48. The fraction of sp³-hybridized carbons (Fsp3) is 0.867. The monoisotopic (exact) mass is 253 g/mol. The Morgan fingerprint density at radius 3 is 2.88 bits per heavy atom. The zero-order chi connectivity index (χ0) is 11.9. The molecule has 0 amide bonds. The summed E-state index contributed by atoms with van der Waals surface area (Å²) in [4.78, 5) is 0. The summed E-state index contributed by atoms with van der Waals surface area (Å²) in [6.45, 7) is 0. The van der Waals surface area contributed by atoms with Crippen molar-refractivity contribution in [1.82, 2.24) is 5.32 Å². The van der Waals surface area contributed by atoms with Crippen molar-refractivity contribution in [3.63, 3.8) is 0 Å². The summed E-state index contributed by atoms with van der Waals surface area (Å²) < 4.78 is 0. The van der Waals surface area contributed by atoms with Crippen LogP contribution in [0.3, 0.4) is 0 Å². The van der Waals surface area contributed by atoms with Crippen LogP contribution in [0.5, 0.6) is 0 Å². The van der Waals surface area contributed by atoms with Crippen molar-refractivity contribution in [2.24, 2.45) is 5.92 Å². The van der Waals surface area contributed by atoms with Gasteiger partial charge in [0.25, 0.3) is 0 Å². The maximum atomic E-state index is 3.57. The second-order valence-electron chi connectivity index (χ2n) is 5.51. The molecule has 17 heavy (non-hydrogen) atoms. The van der Waals surface area contributed by atoms with Crippen molar-refractivity contribution in [1.29, 1.82) is 0 Å². The van der Waals surface area contributed by atoms with Gasteiger partial charge in [-0.25, -0.2) is 0 Å². The van der Waals surface area contributed by atoms with Gasteiger partial charge in [-0.15, -0.1) is 0 Å². The summed E-state index contributed by atoms with van der Waals surface area (Å²) >= 11 is 2.14. The van der Waals surface area contributed by atoms with Gasteiger partial charge in [0.15, 0.2) is 0 Å². The molecule has 0 radical (unpaired) electrons. The van der Waals surface area contributed by atoms with E-state index in [9.17, 15) is 0 Å². The van der Waals surface area contributed by atoms with Crippen LogP contribution in [0.1, 0.15) is 51.4 Å². The van der Waals surface area contributed by atoms with Crippen molar-refractivity contribution in [3.05, 3.63) is 11.6 Å². The van der Waals surface area contributed by atoms with Crippen LogP contribution in [-0.2, 0) is 0 Å². The molecule has 1 heterocycles. The topological polar surface area (TPSA) is 12.0 Å². The van der Waals surface area contributed by atoms with E-state index in [0.717, 1.165) is 5.92 Å². The third kappa shape index (κ3) is 4.33. The summed E-state index contributed by atoms with van der Waals surface area (Å²) in [5.74, 6) is 3.75. The third-order valence-electron chi connectivity index (χ3n) is 4.28. The summed E-state index contributed by atoms with van der Waals surface area (Å²) in [5.41, 5.74) is 1.71. The predicted molar refractivity (Wildman–Crippen MR) is 78.7 cm³/mol. The molecule has 1 fully saturated rings. The molecule has 2 heteroatoms. The number of likely N-dealkylation sites (N-methyl/N-ethyl adjacent to an activating group) is 1. The zero-order valence-corrected chi connectivity index (χ0v) is 12.0. The van der Waals surface area contributed by atoms with Crippen molar-refractivity contribution in [2.45, 2.75) is 57.4 Å². The lowest BCUT2D eigenvalue weighted by molar-refractivity contribution is 0.397. The number of rotatable bonds is 4. The highest BCUT2D eigenvalue weighted by Crippen LogP contribution is 2.30. The molecule has 2 aliphatic rings. The van der Waals surface area contributed by atoms with E-state index in [2.05, 4.69) is 30.2 Å². The fourth-order valence-corrected chi connectivity index (χ4v) is 4.33. The van der Waals surface area contributed by atoms with Crippen LogP contribution >= 0.6 is 11.8 Å². The Morgan fingerprint density at radius 1 is 1.29 bits per heavy atom. The van der Waals surface area contributed by atoms with E-state index in [1.54, 1.807) is 5.57 Å². The van der Waals surface area contributed by atoms with Gasteiger partial charge in [-0.1, -0.05) is 18.1 Å². The van der Waals surface area contributed by atoms with Crippen LogP contribution in [0.2, 0.25) is 0 Å².